The van der Waals surface area contributed by atoms with Gasteiger partial charge in [0.25, 0.3) is 0 Å². The third kappa shape index (κ3) is 3.49. The lowest BCUT2D eigenvalue weighted by atomic mass is 10.5. The normalized spacial score (nSPS) is 14.1. The average Bonchev–Trinajstić information content (AvgIpc) is 1.64. The van der Waals surface area contributed by atoms with Gasteiger partial charge in [0.2, 0.25) is 0 Å². The zero-order chi connectivity index (χ0) is 7.49. The van der Waals surface area contributed by atoms with Crippen LogP contribution in [0.4, 0.5) is 0 Å². The predicted molar refractivity (Wildman–Crippen MR) is 44.2 cm³/mol. The van der Waals surface area contributed by atoms with Gasteiger partial charge in [-0.1, -0.05) is 30.9 Å². The first-order valence-electron chi connectivity index (χ1n) is 3.26. The second-order valence-corrected chi connectivity index (χ2v) is 8.61. The van der Waals surface area contributed by atoms with E-state index >= 15 is 0 Å². The number of allylic oxidation sites excluding steroid dienone is 1. The zero-order valence-electron chi connectivity index (χ0n) is 6.73. The summed E-state index contributed by atoms with van der Waals surface area (Å²) in [5, 5.41) is 9.93. The Morgan fingerprint density at radius 2 is 1.89 bits per heavy atom. The standard InChI is InChI=1S/C7H16OSi/c1-7(5-6-8)9(2,3)4/h5,8H,6H2,1-4H3. The number of hydrogen-bond donors (Lipinski definition) is 1. The van der Waals surface area contributed by atoms with E-state index in [2.05, 4.69) is 26.6 Å². The molecule has 0 aliphatic rings. The van der Waals surface area contributed by atoms with Gasteiger partial charge in [0.15, 0.2) is 0 Å². The molecule has 0 aromatic rings. The summed E-state index contributed by atoms with van der Waals surface area (Å²) >= 11 is 0. The molecule has 0 aliphatic heterocycles. The van der Waals surface area contributed by atoms with Gasteiger partial charge in [-0.15, -0.1) is 0 Å². The highest BCUT2D eigenvalue weighted by atomic mass is 28.3. The van der Waals surface area contributed by atoms with Crippen molar-refractivity contribution < 1.29 is 5.11 Å². The van der Waals surface area contributed by atoms with Crippen molar-refractivity contribution in [3.8, 4) is 0 Å². The van der Waals surface area contributed by atoms with E-state index < -0.39 is 8.07 Å². The van der Waals surface area contributed by atoms with Gasteiger partial charge in [-0.25, -0.2) is 0 Å². The summed E-state index contributed by atoms with van der Waals surface area (Å²) in [6.07, 6.45) is 1.91. The number of rotatable bonds is 2. The molecule has 0 saturated heterocycles. The van der Waals surface area contributed by atoms with Gasteiger partial charge in [0.1, 0.15) is 0 Å². The van der Waals surface area contributed by atoms with E-state index in [-0.39, 0.29) is 6.61 Å². The Morgan fingerprint density at radius 1 is 1.44 bits per heavy atom. The molecule has 0 aliphatic carbocycles. The Hall–Kier alpha value is -0.0831. The fourth-order valence-corrected chi connectivity index (χ4v) is 1.15. The van der Waals surface area contributed by atoms with Crippen LogP contribution in [0.1, 0.15) is 6.92 Å². The fraction of sp³-hybridized carbons (Fsp3) is 0.714. The zero-order valence-corrected chi connectivity index (χ0v) is 7.73. The molecule has 0 saturated carbocycles. The van der Waals surface area contributed by atoms with Crippen molar-refractivity contribution in [2.24, 2.45) is 0 Å². The Labute approximate surface area is 58.4 Å². The number of hydrogen-bond acceptors (Lipinski definition) is 1. The summed E-state index contributed by atoms with van der Waals surface area (Å²) in [5.74, 6) is 0. The summed E-state index contributed by atoms with van der Waals surface area (Å²) < 4.78 is 0. The van der Waals surface area contributed by atoms with Gasteiger partial charge in [0, 0.05) is 0 Å². The van der Waals surface area contributed by atoms with E-state index in [1.165, 1.54) is 5.20 Å². The van der Waals surface area contributed by atoms with Crippen molar-refractivity contribution in [3.05, 3.63) is 11.3 Å². The quantitative estimate of drug-likeness (QED) is 0.586. The van der Waals surface area contributed by atoms with Crippen LogP contribution >= 0.6 is 0 Å². The van der Waals surface area contributed by atoms with Crippen LogP contribution in [0.2, 0.25) is 19.6 Å². The molecule has 1 nitrogen and oxygen atoms in total. The van der Waals surface area contributed by atoms with Gasteiger partial charge in [0.05, 0.1) is 14.7 Å². The number of aliphatic hydroxyl groups excluding tert-OH is 1. The molecule has 0 aromatic carbocycles. The summed E-state index contributed by atoms with van der Waals surface area (Å²) in [6, 6.07) is 0. The van der Waals surface area contributed by atoms with E-state index in [0.717, 1.165) is 0 Å². The van der Waals surface area contributed by atoms with Crippen LogP contribution in [0.3, 0.4) is 0 Å². The summed E-state index contributed by atoms with van der Waals surface area (Å²) in [7, 11) is -1.08. The van der Waals surface area contributed by atoms with Crippen LogP contribution in [0.15, 0.2) is 11.3 Å². The highest BCUT2D eigenvalue weighted by molar-refractivity contribution is 6.82. The lowest BCUT2D eigenvalue weighted by molar-refractivity contribution is 0.342. The van der Waals surface area contributed by atoms with Crippen molar-refractivity contribution >= 4 is 8.07 Å². The minimum absolute atomic E-state index is 0.191. The molecule has 0 bridgehead atoms. The first-order valence-corrected chi connectivity index (χ1v) is 6.76. The second kappa shape index (κ2) is 3.18. The monoisotopic (exact) mass is 144 g/mol. The van der Waals surface area contributed by atoms with E-state index in [1.807, 2.05) is 6.08 Å². The van der Waals surface area contributed by atoms with Crippen LogP contribution in [0.5, 0.6) is 0 Å². The third-order valence-corrected chi connectivity index (χ3v) is 4.15. The molecule has 0 heterocycles. The maximum Gasteiger partial charge on any atom is 0.0717 e. The molecular formula is C7H16OSi. The first-order chi connectivity index (χ1) is 3.98. The largest absolute Gasteiger partial charge is 0.392 e. The maximum atomic E-state index is 8.55. The molecule has 1 N–H and O–H groups in total. The van der Waals surface area contributed by atoms with E-state index in [1.54, 1.807) is 0 Å². The number of aliphatic hydroxyl groups is 1. The van der Waals surface area contributed by atoms with E-state index in [9.17, 15) is 0 Å². The van der Waals surface area contributed by atoms with Crippen molar-refractivity contribution in [2.75, 3.05) is 6.61 Å². The molecule has 0 rings (SSSR count). The molecular weight excluding hydrogens is 128 g/mol. The van der Waals surface area contributed by atoms with Gasteiger partial charge >= 0.3 is 0 Å². The topological polar surface area (TPSA) is 20.2 Å². The molecule has 2 heteroatoms. The van der Waals surface area contributed by atoms with Crippen molar-refractivity contribution in [2.45, 2.75) is 26.6 Å². The smallest absolute Gasteiger partial charge is 0.0717 e. The van der Waals surface area contributed by atoms with Gasteiger partial charge in [-0.3, -0.25) is 0 Å². The fourth-order valence-electron chi connectivity index (χ4n) is 0.443. The van der Waals surface area contributed by atoms with Gasteiger partial charge in [-0.05, 0) is 6.92 Å². The Balaban J connectivity index is 4.03. The Morgan fingerprint density at radius 3 is 2.00 bits per heavy atom. The van der Waals surface area contributed by atoms with Crippen LogP contribution in [0, 0.1) is 0 Å². The molecule has 0 atom stereocenters. The Kier molecular flexibility index (Phi) is 3.15. The third-order valence-electron chi connectivity index (χ3n) is 1.58. The first kappa shape index (κ1) is 8.92. The summed E-state index contributed by atoms with van der Waals surface area (Å²) in [5.41, 5.74) is 0. The van der Waals surface area contributed by atoms with Gasteiger partial charge < -0.3 is 5.11 Å². The molecule has 54 valence electrons. The van der Waals surface area contributed by atoms with Crippen LogP contribution in [-0.4, -0.2) is 19.8 Å². The SMILES string of the molecule is CC(=CCO)[Si](C)(C)C. The molecule has 0 radical (unpaired) electrons. The molecule has 0 amide bonds. The van der Waals surface area contributed by atoms with Crippen molar-refractivity contribution in [1.82, 2.24) is 0 Å². The van der Waals surface area contributed by atoms with Crippen molar-refractivity contribution in [3.63, 3.8) is 0 Å². The highest BCUT2D eigenvalue weighted by Gasteiger charge is 2.13. The minimum Gasteiger partial charge on any atom is -0.392 e. The maximum absolute atomic E-state index is 8.55. The minimum atomic E-state index is -1.08. The molecule has 0 aromatic heterocycles. The summed E-state index contributed by atoms with van der Waals surface area (Å²) in [6.45, 7) is 9.11. The highest BCUT2D eigenvalue weighted by Crippen LogP contribution is 2.12. The Bertz CT molecular complexity index is 111. The lowest BCUT2D eigenvalue weighted by Crippen LogP contribution is -2.22. The van der Waals surface area contributed by atoms with E-state index in [4.69, 9.17) is 5.11 Å². The van der Waals surface area contributed by atoms with Crippen LogP contribution < -0.4 is 0 Å². The molecule has 0 unspecified atom stereocenters. The van der Waals surface area contributed by atoms with Gasteiger partial charge in [-0.2, -0.15) is 0 Å². The average molecular weight is 144 g/mol. The molecule has 0 fully saturated rings. The van der Waals surface area contributed by atoms with Crippen LogP contribution in [-0.2, 0) is 0 Å². The second-order valence-electron chi connectivity index (χ2n) is 3.32. The molecule has 9 heavy (non-hydrogen) atoms. The summed E-state index contributed by atoms with van der Waals surface area (Å²) in [4.78, 5) is 0. The van der Waals surface area contributed by atoms with Crippen LogP contribution in [0.25, 0.3) is 0 Å². The predicted octanol–water partition coefficient (Wildman–Crippen LogP) is 1.80. The van der Waals surface area contributed by atoms with E-state index in [0.29, 0.717) is 0 Å². The molecule has 0 spiro atoms. The van der Waals surface area contributed by atoms with Crippen molar-refractivity contribution in [1.29, 1.82) is 0 Å². The lowest BCUT2D eigenvalue weighted by Gasteiger charge is -2.16.